The first kappa shape index (κ1) is 11.4. The van der Waals surface area contributed by atoms with Crippen LogP contribution in [0.3, 0.4) is 0 Å². The fourth-order valence-electron chi connectivity index (χ4n) is 1.45. The highest BCUT2D eigenvalue weighted by atomic mass is 35.5. The Balaban J connectivity index is 2.50. The first-order valence-electron chi connectivity index (χ1n) is 4.79. The zero-order valence-electron chi connectivity index (χ0n) is 8.60. The number of hydrogen-bond acceptors (Lipinski definition) is 0. The van der Waals surface area contributed by atoms with Crippen LogP contribution in [0.4, 0.5) is 4.39 Å². The molecule has 0 unspecified atom stereocenters. The van der Waals surface area contributed by atoms with Gasteiger partial charge in [-0.15, -0.1) is 0 Å². The molecule has 0 bridgehead atoms. The maximum Gasteiger partial charge on any atom is 0.142 e. The summed E-state index contributed by atoms with van der Waals surface area (Å²) in [6, 6.07) is 10.4. The topological polar surface area (TPSA) is 0 Å². The number of rotatable bonds is 1. The lowest BCUT2D eigenvalue weighted by atomic mass is 10.0. The monoisotopic (exact) mass is 254 g/mol. The zero-order valence-corrected chi connectivity index (χ0v) is 10.1. The molecule has 0 aliphatic rings. The van der Waals surface area contributed by atoms with E-state index in [-0.39, 0.29) is 5.02 Å². The van der Waals surface area contributed by atoms with E-state index >= 15 is 0 Å². The molecule has 0 saturated heterocycles. The second kappa shape index (κ2) is 4.44. The molecule has 0 aromatic heterocycles. The average Bonchev–Trinajstić information content (AvgIpc) is 2.26. The molecule has 0 amide bonds. The van der Waals surface area contributed by atoms with Crippen molar-refractivity contribution < 1.29 is 4.39 Å². The standard InChI is InChI=1S/C13H9Cl2F/c1-8-2-3-9(6-12(8)15)10-4-5-11(14)13(16)7-10/h2-7H,1H3. The van der Waals surface area contributed by atoms with Crippen LogP contribution in [0.15, 0.2) is 36.4 Å². The Kier molecular flexibility index (Phi) is 3.17. The van der Waals surface area contributed by atoms with E-state index in [0.717, 1.165) is 16.7 Å². The van der Waals surface area contributed by atoms with Crippen molar-refractivity contribution in [2.75, 3.05) is 0 Å². The third-order valence-electron chi connectivity index (χ3n) is 2.42. The molecule has 0 N–H and O–H groups in total. The highest BCUT2D eigenvalue weighted by Gasteiger charge is 2.04. The van der Waals surface area contributed by atoms with Gasteiger partial charge in [-0.2, -0.15) is 0 Å². The van der Waals surface area contributed by atoms with Crippen LogP contribution in [0.25, 0.3) is 11.1 Å². The fraction of sp³-hybridized carbons (Fsp3) is 0.0769. The molecule has 0 spiro atoms. The van der Waals surface area contributed by atoms with Gasteiger partial charge < -0.3 is 0 Å². The lowest BCUT2D eigenvalue weighted by Gasteiger charge is -2.05. The lowest BCUT2D eigenvalue weighted by Crippen LogP contribution is -1.83. The summed E-state index contributed by atoms with van der Waals surface area (Å²) in [5.74, 6) is -0.420. The molecule has 82 valence electrons. The van der Waals surface area contributed by atoms with Crippen LogP contribution in [-0.2, 0) is 0 Å². The van der Waals surface area contributed by atoms with Gasteiger partial charge in [-0.25, -0.2) is 4.39 Å². The summed E-state index contributed by atoms with van der Waals surface area (Å²) in [6.07, 6.45) is 0. The van der Waals surface area contributed by atoms with Crippen molar-refractivity contribution in [3.8, 4) is 11.1 Å². The van der Waals surface area contributed by atoms with E-state index in [1.54, 1.807) is 12.1 Å². The maximum atomic E-state index is 13.3. The minimum Gasteiger partial charge on any atom is -0.205 e. The van der Waals surface area contributed by atoms with Gasteiger partial charge in [0.1, 0.15) is 5.82 Å². The van der Waals surface area contributed by atoms with E-state index in [4.69, 9.17) is 23.2 Å². The summed E-state index contributed by atoms with van der Waals surface area (Å²) in [7, 11) is 0. The van der Waals surface area contributed by atoms with E-state index < -0.39 is 5.82 Å². The summed E-state index contributed by atoms with van der Waals surface area (Å²) in [5.41, 5.74) is 2.65. The number of benzene rings is 2. The van der Waals surface area contributed by atoms with Gasteiger partial charge in [-0.05, 0) is 41.8 Å². The van der Waals surface area contributed by atoms with Crippen molar-refractivity contribution in [3.63, 3.8) is 0 Å². The molecule has 2 rings (SSSR count). The number of halogens is 3. The van der Waals surface area contributed by atoms with Crippen LogP contribution >= 0.6 is 23.2 Å². The highest BCUT2D eigenvalue weighted by molar-refractivity contribution is 6.31. The van der Waals surface area contributed by atoms with E-state index in [0.29, 0.717) is 5.02 Å². The molecule has 0 radical (unpaired) electrons. The van der Waals surface area contributed by atoms with Gasteiger partial charge in [-0.3, -0.25) is 0 Å². The van der Waals surface area contributed by atoms with Gasteiger partial charge in [0.25, 0.3) is 0 Å². The molecule has 0 aliphatic heterocycles. The van der Waals surface area contributed by atoms with Crippen molar-refractivity contribution in [2.24, 2.45) is 0 Å². The summed E-state index contributed by atoms with van der Waals surface area (Å²) in [5, 5.41) is 0.801. The van der Waals surface area contributed by atoms with Crippen molar-refractivity contribution in [1.82, 2.24) is 0 Å². The predicted octanol–water partition coefficient (Wildman–Crippen LogP) is 5.11. The summed E-state index contributed by atoms with van der Waals surface area (Å²) >= 11 is 11.6. The second-order valence-electron chi connectivity index (χ2n) is 3.59. The van der Waals surface area contributed by atoms with Gasteiger partial charge in [0, 0.05) is 5.02 Å². The molecule has 3 heteroatoms. The maximum absolute atomic E-state index is 13.3. The van der Waals surface area contributed by atoms with Crippen LogP contribution in [-0.4, -0.2) is 0 Å². The molecule has 0 atom stereocenters. The molecule has 0 fully saturated rings. The predicted molar refractivity (Wildman–Crippen MR) is 66.6 cm³/mol. The van der Waals surface area contributed by atoms with E-state index in [1.807, 2.05) is 25.1 Å². The first-order valence-corrected chi connectivity index (χ1v) is 5.55. The third-order valence-corrected chi connectivity index (χ3v) is 3.14. The quantitative estimate of drug-likeness (QED) is 0.664. The average molecular weight is 255 g/mol. The third kappa shape index (κ3) is 2.21. The van der Waals surface area contributed by atoms with Crippen LogP contribution in [0.1, 0.15) is 5.56 Å². The molecule has 2 aromatic rings. The van der Waals surface area contributed by atoms with E-state index in [1.165, 1.54) is 6.07 Å². The summed E-state index contributed by atoms with van der Waals surface area (Å²) in [4.78, 5) is 0. The van der Waals surface area contributed by atoms with E-state index in [2.05, 4.69) is 0 Å². The molecule has 0 aliphatic carbocycles. The van der Waals surface area contributed by atoms with Crippen LogP contribution < -0.4 is 0 Å². The molecular weight excluding hydrogens is 246 g/mol. The second-order valence-corrected chi connectivity index (χ2v) is 4.41. The summed E-state index contributed by atoms with van der Waals surface area (Å²) in [6.45, 7) is 1.93. The summed E-state index contributed by atoms with van der Waals surface area (Å²) < 4.78 is 13.3. The molecular formula is C13H9Cl2F. The zero-order chi connectivity index (χ0) is 11.7. The van der Waals surface area contributed by atoms with Crippen molar-refractivity contribution in [3.05, 3.63) is 57.8 Å². The van der Waals surface area contributed by atoms with Gasteiger partial charge in [0.2, 0.25) is 0 Å². The van der Waals surface area contributed by atoms with Crippen LogP contribution in [0.5, 0.6) is 0 Å². The number of aryl methyl sites for hydroxylation is 1. The SMILES string of the molecule is Cc1ccc(-c2ccc(Cl)c(F)c2)cc1Cl. The molecule has 0 nitrogen and oxygen atoms in total. The molecule has 0 saturated carbocycles. The Bertz CT molecular complexity index is 486. The Morgan fingerprint density at radius 1 is 0.875 bits per heavy atom. The van der Waals surface area contributed by atoms with Gasteiger partial charge in [-0.1, -0.05) is 41.4 Å². The molecule has 16 heavy (non-hydrogen) atoms. The Morgan fingerprint density at radius 2 is 1.50 bits per heavy atom. The number of hydrogen-bond donors (Lipinski definition) is 0. The Morgan fingerprint density at radius 3 is 2.12 bits per heavy atom. The van der Waals surface area contributed by atoms with Crippen molar-refractivity contribution in [1.29, 1.82) is 0 Å². The van der Waals surface area contributed by atoms with Gasteiger partial charge >= 0.3 is 0 Å². The normalized spacial score (nSPS) is 10.5. The smallest absolute Gasteiger partial charge is 0.142 e. The lowest BCUT2D eigenvalue weighted by molar-refractivity contribution is 0.629. The van der Waals surface area contributed by atoms with Gasteiger partial charge in [0.15, 0.2) is 0 Å². The van der Waals surface area contributed by atoms with Crippen LogP contribution in [0, 0.1) is 12.7 Å². The minimum absolute atomic E-state index is 0.127. The van der Waals surface area contributed by atoms with E-state index in [9.17, 15) is 4.39 Å². The Labute approximate surface area is 104 Å². The van der Waals surface area contributed by atoms with Gasteiger partial charge in [0.05, 0.1) is 5.02 Å². The van der Waals surface area contributed by atoms with Crippen molar-refractivity contribution in [2.45, 2.75) is 6.92 Å². The van der Waals surface area contributed by atoms with Crippen molar-refractivity contribution >= 4 is 23.2 Å². The fourth-order valence-corrected chi connectivity index (χ4v) is 1.75. The molecule has 2 aromatic carbocycles. The highest BCUT2D eigenvalue weighted by Crippen LogP contribution is 2.27. The first-order chi connectivity index (χ1) is 7.58. The minimum atomic E-state index is -0.420. The van der Waals surface area contributed by atoms with Crippen LogP contribution in [0.2, 0.25) is 10.0 Å². The Hall–Kier alpha value is -1.05. The molecule has 0 heterocycles. The largest absolute Gasteiger partial charge is 0.205 e.